The van der Waals surface area contributed by atoms with Crippen molar-refractivity contribution in [1.29, 1.82) is 0 Å². The fourth-order valence-corrected chi connectivity index (χ4v) is 5.02. The molecule has 6 nitrogen and oxygen atoms in total. The van der Waals surface area contributed by atoms with Gasteiger partial charge in [-0.1, -0.05) is 31.0 Å². The molecule has 0 aliphatic carbocycles. The number of hydrogen-bond donors (Lipinski definition) is 2. The smallest absolute Gasteiger partial charge is 0.243 e. The van der Waals surface area contributed by atoms with E-state index in [4.69, 9.17) is 17.0 Å². The van der Waals surface area contributed by atoms with Gasteiger partial charge in [-0.25, -0.2) is 8.42 Å². The maximum Gasteiger partial charge on any atom is 0.243 e. The average molecular weight is 434 g/mol. The van der Waals surface area contributed by atoms with Crippen molar-refractivity contribution >= 4 is 33.0 Å². The third kappa shape index (κ3) is 5.91. The van der Waals surface area contributed by atoms with Crippen LogP contribution in [0.3, 0.4) is 0 Å². The lowest BCUT2D eigenvalue weighted by atomic mass is 10.2. The number of nitrogens with one attached hydrogen (secondary N) is 2. The van der Waals surface area contributed by atoms with Crippen molar-refractivity contribution in [2.24, 2.45) is 0 Å². The van der Waals surface area contributed by atoms with Gasteiger partial charge in [0.25, 0.3) is 0 Å². The van der Waals surface area contributed by atoms with E-state index in [0.29, 0.717) is 35.3 Å². The minimum Gasteiger partial charge on any atom is -0.497 e. The molecule has 0 bridgehead atoms. The van der Waals surface area contributed by atoms with Crippen LogP contribution in [0.1, 0.15) is 31.2 Å². The molecule has 1 aliphatic heterocycles. The van der Waals surface area contributed by atoms with Crippen LogP contribution in [0.2, 0.25) is 0 Å². The minimum atomic E-state index is -3.49. The van der Waals surface area contributed by atoms with Gasteiger partial charge in [0.2, 0.25) is 10.0 Å². The molecule has 3 rings (SSSR count). The molecule has 2 aromatic rings. The van der Waals surface area contributed by atoms with Crippen molar-refractivity contribution in [3.05, 3.63) is 54.1 Å². The molecule has 0 amide bonds. The maximum atomic E-state index is 13.0. The van der Waals surface area contributed by atoms with Crippen molar-refractivity contribution in [1.82, 2.24) is 9.62 Å². The van der Waals surface area contributed by atoms with Crippen LogP contribution in [0.4, 0.5) is 5.69 Å². The fourth-order valence-electron chi connectivity index (χ4n) is 3.27. The van der Waals surface area contributed by atoms with E-state index >= 15 is 0 Å². The standard InChI is InChI=1S/C21H27N3O3S2/c1-27-19-11-9-17(10-12-19)16-22-21(28)23-18-7-6-8-20(15-18)29(25,26)24-13-4-2-3-5-14-24/h6-12,15H,2-5,13-14,16H2,1H3,(H2,22,23,28). The molecule has 2 aromatic carbocycles. The van der Waals surface area contributed by atoms with Crippen LogP contribution in [0, 0.1) is 0 Å². The first-order valence-corrected chi connectivity index (χ1v) is 11.6. The second kappa shape index (κ2) is 10.0. The summed E-state index contributed by atoms with van der Waals surface area (Å²) in [6, 6.07) is 14.5. The van der Waals surface area contributed by atoms with Gasteiger partial charge in [-0.3, -0.25) is 0 Å². The number of thiocarbonyl (C=S) groups is 1. The van der Waals surface area contributed by atoms with Gasteiger partial charge < -0.3 is 15.4 Å². The minimum absolute atomic E-state index is 0.294. The van der Waals surface area contributed by atoms with Gasteiger partial charge in [-0.05, 0) is 61.0 Å². The van der Waals surface area contributed by atoms with Crippen molar-refractivity contribution in [2.45, 2.75) is 37.1 Å². The first-order chi connectivity index (χ1) is 14.0. The number of hydrogen-bond acceptors (Lipinski definition) is 4. The van der Waals surface area contributed by atoms with E-state index in [1.165, 1.54) is 0 Å². The van der Waals surface area contributed by atoms with Gasteiger partial charge in [0.05, 0.1) is 12.0 Å². The highest BCUT2D eigenvalue weighted by molar-refractivity contribution is 7.89. The van der Waals surface area contributed by atoms with Crippen LogP contribution in [0.25, 0.3) is 0 Å². The second-order valence-corrected chi connectivity index (χ2v) is 9.35. The lowest BCUT2D eigenvalue weighted by Crippen LogP contribution is -2.32. The Kier molecular flexibility index (Phi) is 7.46. The molecular formula is C21H27N3O3S2. The summed E-state index contributed by atoms with van der Waals surface area (Å²) in [6.07, 6.45) is 4.00. The Labute approximate surface area is 178 Å². The van der Waals surface area contributed by atoms with Crippen LogP contribution in [0.15, 0.2) is 53.4 Å². The number of benzene rings is 2. The lowest BCUT2D eigenvalue weighted by Gasteiger charge is -2.20. The largest absolute Gasteiger partial charge is 0.497 e. The van der Waals surface area contributed by atoms with E-state index in [2.05, 4.69) is 10.6 Å². The molecule has 1 heterocycles. The predicted octanol–water partition coefficient (Wildman–Crippen LogP) is 3.75. The van der Waals surface area contributed by atoms with Crippen LogP contribution >= 0.6 is 12.2 Å². The highest BCUT2D eigenvalue weighted by Gasteiger charge is 2.25. The molecule has 0 radical (unpaired) electrons. The zero-order valence-electron chi connectivity index (χ0n) is 16.6. The number of nitrogens with zero attached hydrogens (tertiary/aromatic N) is 1. The normalized spacial score (nSPS) is 15.3. The average Bonchev–Trinajstić information content (AvgIpc) is 3.03. The molecule has 0 aromatic heterocycles. The van der Waals surface area contributed by atoms with Crippen LogP contribution in [-0.4, -0.2) is 38.0 Å². The summed E-state index contributed by atoms with van der Waals surface area (Å²) in [6.45, 7) is 1.73. The Morgan fingerprint density at radius 1 is 1.07 bits per heavy atom. The quantitative estimate of drug-likeness (QED) is 0.676. The molecule has 1 aliphatic rings. The number of sulfonamides is 1. The summed E-state index contributed by atoms with van der Waals surface area (Å²) in [7, 11) is -1.86. The zero-order chi connectivity index (χ0) is 20.7. The monoisotopic (exact) mass is 433 g/mol. The van der Waals surface area contributed by atoms with Gasteiger partial charge >= 0.3 is 0 Å². The Bertz CT molecular complexity index is 922. The first-order valence-electron chi connectivity index (χ1n) is 9.77. The molecule has 2 N–H and O–H groups in total. The van der Waals surface area contributed by atoms with Gasteiger partial charge in [0.15, 0.2) is 5.11 Å². The lowest BCUT2D eigenvalue weighted by molar-refractivity contribution is 0.414. The SMILES string of the molecule is COc1ccc(CNC(=S)Nc2cccc(S(=O)(=O)N3CCCCCC3)c2)cc1. The number of rotatable bonds is 6. The highest BCUT2D eigenvalue weighted by Crippen LogP contribution is 2.22. The molecule has 0 atom stereocenters. The molecule has 1 fully saturated rings. The fraction of sp³-hybridized carbons (Fsp3) is 0.381. The Hall–Kier alpha value is -2.16. The molecule has 1 saturated heterocycles. The van der Waals surface area contributed by atoms with Crippen LogP contribution < -0.4 is 15.4 Å². The molecule has 0 saturated carbocycles. The summed E-state index contributed by atoms with van der Waals surface area (Å²) in [5.41, 5.74) is 1.71. The van der Waals surface area contributed by atoms with Crippen molar-refractivity contribution in [3.8, 4) is 5.75 Å². The van der Waals surface area contributed by atoms with E-state index in [9.17, 15) is 8.42 Å². The molecule has 0 unspecified atom stereocenters. The summed E-state index contributed by atoms with van der Waals surface area (Å²) in [4.78, 5) is 0.294. The second-order valence-electron chi connectivity index (χ2n) is 7.00. The van der Waals surface area contributed by atoms with E-state index in [1.54, 1.807) is 29.6 Å². The highest BCUT2D eigenvalue weighted by atomic mass is 32.2. The van der Waals surface area contributed by atoms with E-state index in [1.807, 2.05) is 30.3 Å². The number of methoxy groups -OCH3 is 1. The van der Waals surface area contributed by atoms with Crippen molar-refractivity contribution < 1.29 is 13.2 Å². The Morgan fingerprint density at radius 2 is 1.76 bits per heavy atom. The van der Waals surface area contributed by atoms with Crippen molar-refractivity contribution in [3.63, 3.8) is 0 Å². The molecule has 8 heteroatoms. The van der Waals surface area contributed by atoms with Crippen LogP contribution in [0.5, 0.6) is 5.75 Å². The Balaban J connectivity index is 1.61. The summed E-state index contributed by atoms with van der Waals surface area (Å²) in [5, 5.41) is 6.64. The first kappa shape index (κ1) is 21.5. The number of anilines is 1. The van der Waals surface area contributed by atoms with Gasteiger partial charge in [-0.15, -0.1) is 0 Å². The summed E-state index contributed by atoms with van der Waals surface area (Å²) in [5.74, 6) is 0.803. The molecule has 156 valence electrons. The summed E-state index contributed by atoms with van der Waals surface area (Å²) < 4.78 is 32.7. The van der Waals surface area contributed by atoms with E-state index < -0.39 is 10.0 Å². The van der Waals surface area contributed by atoms with E-state index in [-0.39, 0.29) is 0 Å². The topological polar surface area (TPSA) is 70.7 Å². The van der Waals surface area contributed by atoms with Gasteiger partial charge in [0, 0.05) is 25.3 Å². The predicted molar refractivity (Wildman–Crippen MR) is 120 cm³/mol. The zero-order valence-corrected chi connectivity index (χ0v) is 18.2. The third-order valence-electron chi connectivity index (χ3n) is 4.91. The molecule has 0 spiro atoms. The van der Waals surface area contributed by atoms with Crippen molar-refractivity contribution in [2.75, 3.05) is 25.5 Å². The molecular weight excluding hydrogens is 406 g/mol. The maximum absolute atomic E-state index is 13.0. The Morgan fingerprint density at radius 3 is 2.41 bits per heavy atom. The van der Waals surface area contributed by atoms with Gasteiger partial charge in [0.1, 0.15) is 5.75 Å². The van der Waals surface area contributed by atoms with E-state index in [0.717, 1.165) is 37.0 Å². The van der Waals surface area contributed by atoms with Crippen LogP contribution in [-0.2, 0) is 16.6 Å². The number of ether oxygens (including phenoxy) is 1. The summed E-state index contributed by atoms with van der Waals surface area (Å²) >= 11 is 5.36. The molecule has 29 heavy (non-hydrogen) atoms. The third-order valence-corrected chi connectivity index (χ3v) is 7.05. The van der Waals surface area contributed by atoms with Gasteiger partial charge in [-0.2, -0.15) is 4.31 Å².